The van der Waals surface area contributed by atoms with E-state index in [0.717, 1.165) is 67.7 Å². The monoisotopic (exact) mass is 376 g/mol. The van der Waals surface area contributed by atoms with E-state index in [2.05, 4.69) is 14.8 Å². The van der Waals surface area contributed by atoms with Gasteiger partial charge in [0.1, 0.15) is 5.76 Å². The van der Waals surface area contributed by atoms with Crippen LogP contribution in [0.2, 0.25) is 0 Å². The molecule has 2 aromatic heterocycles. The Morgan fingerprint density at radius 2 is 2.15 bits per heavy atom. The fourth-order valence-corrected chi connectivity index (χ4v) is 4.40. The molecule has 0 bridgehead atoms. The van der Waals surface area contributed by atoms with Crippen molar-refractivity contribution in [2.75, 3.05) is 25.4 Å². The maximum absolute atomic E-state index is 12.4. The number of amides is 1. The molecule has 1 amide bonds. The van der Waals surface area contributed by atoms with Gasteiger partial charge in [0.15, 0.2) is 11.0 Å². The van der Waals surface area contributed by atoms with E-state index in [9.17, 15) is 4.79 Å². The molecule has 26 heavy (non-hydrogen) atoms. The van der Waals surface area contributed by atoms with Crippen LogP contribution in [-0.4, -0.2) is 57.1 Å². The molecule has 4 rings (SSSR count). The van der Waals surface area contributed by atoms with Gasteiger partial charge in [-0.2, -0.15) is 0 Å². The second-order valence-electron chi connectivity index (χ2n) is 6.82. The van der Waals surface area contributed by atoms with Gasteiger partial charge in [0.25, 0.3) is 0 Å². The first-order valence-corrected chi connectivity index (χ1v) is 10.2. The van der Waals surface area contributed by atoms with Crippen LogP contribution < -0.4 is 0 Å². The van der Waals surface area contributed by atoms with Crippen molar-refractivity contribution in [2.24, 2.45) is 0 Å². The summed E-state index contributed by atoms with van der Waals surface area (Å²) in [5.74, 6) is 2.17. The lowest BCUT2D eigenvalue weighted by Gasteiger charge is -2.16. The van der Waals surface area contributed by atoms with E-state index in [1.54, 1.807) is 6.26 Å². The molecular weight excluding hydrogens is 352 g/mol. The van der Waals surface area contributed by atoms with Gasteiger partial charge in [0, 0.05) is 19.7 Å². The van der Waals surface area contributed by atoms with Gasteiger partial charge in [-0.15, -0.1) is 10.2 Å². The number of carbonyl (C=O) groups is 1. The number of aromatic nitrogens is 3. The Labute approximate surface area is 157 Å². The van der Waals surface area contributed by atoms with Gasteiger partial charge in [-0.1, -0.05) is 11.8 Å². The van der Waals surface area contributed by atoms with Gasteiger partial charge in [0.2, 0.25) is 5.91 Å². The highest BCUT2D eigenvalue weighted by atomic mass is 32.2. The lowest BCUT2D eigenvalue weighted by molar-refractivity contribution is -0.127. The van der Waals surface area contributed by atoms with Crippen molar-refractivity contribution in [3.05, 3.63) is 18.1 Å². The van der Waals surface area contributed by atoms with E-state index < -0.39 is 0 Å². The highest BCUT2D eigenvalue weighted by molar-refractivity contribution is 7.99. The molecule has 2 aromatic rings. The first-order valence-electron chi connectivity index (χ1n) is 9.22. The third-order valence-electron chi connectivity index (χ3n) is 5.01. The van der Waals surface area contributed by atoms with Crippen molar-refractivity contribution < 1.29 is 13.9 Å². The molecule has 0 spiro atoms. The zero-order valence-corrected chi connectivity index (χ0v) is 15.8. The lowest BCUT2D eigenvalue weighted by atomic mass is 10.2. The third-order valence-corrected chi connectivity index (χ3v) is 5.96. The Hall–Kier alpha value is -1.80. The van der Waals surface area contributed by atoms with Crippen molar-refractivity contribution in [1.29, 1.82) is 0 Å². The van der Waals surface area contributed by atoms with E-state index >= 15 is 0 Å². The van der Waals surface area contributed by atoms with Crippen LogP contribution in [0, 0.1) is 6.92 Å². The van der Waals surface area contributed by atoms with E-state index in [-0.39, 0.29) is 12.0 Å². The summed E-state index contributed by atoms with van der Waals surface area (Å²) in [5, 5.41) is 9.52. The minimum atomic E-state index is 0.172. The highest BCUT2D eigenvalue weighted by Gasteiger charge is 2.24. The molecule has 1 atom stereocenters. The fraction of sp³-hybridized carbons (Fsp3) is 0.611. The first kappa shape index (κ1) is 17.6. The number of hydrogen-bond donors (Lipinski definition) is 0. The number of thioether (sulfide) groups is 1. The van der Waals surface area contributed by atoms with Gasteiger partial charge in [-0.25, -0.2) is 0 Å². The molecule has 0 aromatic carbocycles. The quantitative estimate of drug-likeness (QED) is 0.722. The van der Waals surface area contributed by atoms with Crippen molar-refractivity contribution in [3.8, 4) is 11.4 Å². The Balaban J connectivity index is 1.54. The van der Waals surface area contributed by atoms with Crippen LogP contribution >= 0.6 is 11.8 Å². The summed E-state index contributed by atoms with van der Waals surface area (Å²) in [7, 11) is 0. The highest BCUT2D eigenvalue weighted by Crippen LogP contribution is 2.29. The summed E-state index contributed by atoms with van der Waals surface area (Å²) in [4.78, 5) is 14.3. The predicted molar refractivity (Wildman–Crippen MR) is 98.0 cm³/mol. The molecule has 0 unspecified atom stereocenters. The van der Waals surface area contributed by atoms with E-state index in [1.807, 2.05) is 17.9 Å². The predicted octanol–water partition coefficient (Wildman–Crippen LogP) is 2.74. The van der Waals surface area contributed by atoms with Crippen molar-refractivity contribution in [1.82, 2.24) is 19.7 Å². The molecule has 2 fully saturated rings. The standard InChI is InChI=1S/C18H24N4O3S/c1-13-15(6-10-24-13)17-19-20-18(22(17)11-14-5-4-9-25-14)26-12-16(23)21-7-2-3-8-21/h6,10,14H,2-5,7-9,11-12H2,1H3/t14-/m1/s1. The minimum absolute atomic E-state index is 0.172. The Morgan fingerprint density at radius 1 is 1.31 bits per heavy atom. The van der Waals surface area contributed by atoms with Crippen LogP contribution in [0.5, 0.6) is 0 Å². The molecule has 8 heteroatoms. The number of hydrogen-bond acceptors (Lipinski definition) is 6. The molecule has 7 nitrogen and oxygen atoms in total. The topological polar surface area (TPSA) is 73.4 Å². The van der Waals surface area contributed by atoms with Crippen LogP contribution in [0.25, 0.3) is 11.4 Å². The third kappa shape index (κ3) is 3.66. The fourth-order valence-electron chi connectivity index (χ4n) is 3.55. The molecule has 2 aliphatic heterocycles. The van der Waals surface area contributed by atoms with Crippen LogP contribution in [0.3, 0.4) is 0 Å². The molecular formula is C18H24N4O3S. The van der Waals surface area contributed by atoms with Crippen LogP contribution in [0.1, 0.15) is 31.4 Å². The number of ether oxygens (including phenoxy) is 1. The van der Waals surface area contributed by atoms with E-state index in [4.69, 9.17) is 9.15 Å². The Morgan fingerprint density at radius 3 is 2.85 bits per heavy atom. The van der Waals surface area contributed by atoms with Crippen LogP contribution in [0.15, 0.2) is 21.9 Å². The van der Waals surface area contributed by atoms with Gasteiger partial charge in [-0.3, -0.25) is 9.36 Å². The zero-order chi connectivity index (χ0) is 17.9. The summed E-state index contributed by atoms with van der Waals surface area (Å²) in [5.41, 5.74) is 0.938. The molecule has 0 saturated carbocycles. The maximum atomic E-state index is 12.4. The summed E-state index contributed by atoms with van der Waals surface area (Å²) < 4.78 is 13.3. The molecule has 4 heterocycles. The average Bonchev–Trinajstić information content (AvgIpc) is 3.42. The summed E-state index contributed by atoms with van der Waals surface area (Å²) >= 11 is 1.46. The number of carbonyl (C=O) groups excluding carboxylic acids is 1. The number of aryl methyl sites for hydroxylation is 1. The zero-order valence-electron chi connectivity index (χ0n) is 15.0. The average molecular weight is 376 g/mol. The van der Waals surface area contributed by atoms with E-state index in [0.29, 0.717) is 12.3 Å². The molecule has 0 N–H and O–H groups in total. The van der Waals surface area contributed by atoms with Crippen LogP contribution in [0.4, 0.5) is 0 Å². The van der Waals surface area contributed by atoms with Crippen molar-refractivity contribution in [3.63, 3.8) is 0 Å². The largest absolute Gasteiger partial charge is 0.469 e. The normalized spacial score (nSPS) is 20.2. The number of likely N-dealkylation sites (tertiary alicyclic amines) is 1. The van der Waals surface area contributed by atoms with Gasteiger partial charge >= 0.3 is 0 Å². The molecule has 0 aliphatic carbocycles. The molecule has 140 valence electrons. The smallest absolute Gasteiger partial charge is 0.233 e. The molecule has 0 radical (unpaired) electrons. The van der Waals surface area contributed by atoms with Crippen molar-refractivity contribution in [2.45, 2.75) is 50.4 Å². The molecule has 2 saturated heterocycles. The SMILES string of the molecule is Cc1occc1-c1nnc(SCC(=O)N2CCCC2)n1C[C@H]1CCCO1. The summed E-state index contributed by atoms with van der Waals surface area (Å²) in [6.07, 6.45) is 6.18. The Kier molecular flexibility index (Phi) is 5.31. The van der Waals surface area contributed by atoms with Gasteiger partial charge in [-0.05, 0) is 38.7 Å². The summed E-state index contributed by atoms with van der Waals surface area (Å²) in [6, 6.07) is 1.91. The van der Waals surface area contributed by atoms with Crippen molar-refractivity contribution >= 4 is 17.7 Å². The van der Waals surface area contributed by atoms with Gasteiger partial charge < -0.3 is 14.1 Å². The number of rotatable bonds is 6. The second kappa shape index (κ2) is 7.84. The first-order chi connectivity index (χ1) is 12.7. The van der Waals surface area contributed by atoms with Crippen LogP contribution in [-0.2, 0) is 16.1 Å². The summed E-state index contributed by atoms with van der Waals surface area (Å²) in [6.45, 7) is 5.18. The Bertz CT molecular complexity index is 760. The maximum Gasteiger partial charge on any atom is 0.233 e. The lowest BCUT2D eigenvalue weighted by Crippen LogP contribution is -2.29. The number of nitrogens with zero attached hydrogens (tertiary/aromatic N) is 4. The minimum Gasteiger partial charge on any atom is -0.469 e. The molecule has 2 aliphatic rings. The van der Waals surface area contributed by atoms with E-state index in [1.165, 1.54) is 11.8 Å². The second-order valence-corrected chi connectivity index (χ2v) is 7.76. The number of furan rings is 1. The van der Waals surface area contributed by atoms with Gasteiger partial charge in [0.05, 0.1) is 30.2 Å².